The van der Waals surface area contributed by atoms with Crippen molar-refractivity contribution in [2.24, 2.45) is 5.10 Å². The fraction of sp³-hybridized carbons (Fsp3) is 0.250. The Morgan fingerprint density at radius 2 is 1.88 bits per heavy atom. The summed E-state index contributed by atoms with van der Waals surface area (Å²) in [6.07, 6.45) is 3.99. The number of hydrogen-bond donors (Lipinski definition) is 0. The molecule has 208 valence electrons. The van der Waals surface area contributed by atoms with Crippen molar-refractivity contribution in [1.82, 2.24) is 9.66 Å². The van der Waals surface area contributed by atoms with Gasteiger partial charge < -0.3 is 9.47 Å². The second-order valence-corrected chi connectivity index (χ2v) is 11.2. The maximum absolute atomic E-state index is 13.4. The summed E-state index contributed by atoms with van der Waals surface area (Å²) in [6, 6.07) is 13.4. The molecule has 0 aliphatic carbocycles. The molecule has 1 heterocycles. The smallest absolute Gasteiger partial charge is 0.282 e. The first-order chi connectivity index (χ1) is 19.2. The first-order valence-electron chi connectivity index (χ1n) is 12.5. The SMILES string of the molecule is CCCCc1nc2ccc(Br)cc2c(=O)n1N=Cc1cc(OCC)c(OCc2cccc([N+](=O)[O-])c2)c(Br)c1Br. The third-order valence-corrected chi connectivity index (χ3v) is 8.54. The van der Waals surface area contributed by atoms with Crippen molar-refractivity contribution in [3.63, 3.8) is 0 Å². The Balaban J connectivity index is 1.72. The molecule has 0 spiro atoms. The molecule has 1 aromatic heterocycles. The molecule has 0 aliphatic rings. The van der Waals surface area contributed by atoms with E-state index in [1.165, 1.54) is 16.8 Å². The molecule has 0 aliphatic heterocycles. The average molecular weight is 737 g/mol. The molecular formula is C28H25Br3N4O5. The van der Waals surface area contributed by atoms with Gasteiger partial charge in [-0.3, -0.25) is 14.9 Å². The lowest BCUT2D eigenvalue weighted by molar-refractivity contribution is -0.384. The summed E-state index contributed by atoms with van der Waals surface area (Å²) in [5.74, 6) is 1.45. The van der Waals surface area contributed by atoms with E-state index in [1.807, 2.05) is 19.1 Å². The average Bonchev–Trinajstić information content (AvgIpc) is 2.94. The van der Waals surface area contributed by atoms with E-state index in [4.69, 9.17) is 14.5 Å². The van der Waals surface area contributed by atoms with Gasteiger partial charge in [0.15, 0.2) is 11.5 Å². The first-order valence-corrected chi connectivity index (χ1v) is 14.9. The lowest BCUT2D eigenvalue weighted by Gasteiger charge is -2.16. The topological polar surface area (TPSA) is 109 Å². The first kappa shape index (κ1) is 29.9. The normalized spacial score (nSPS) is 11.3. The van der Waals surface area contributed by atoms with Crippen molar-refractivity contribution in [3.05, 3.63) is 99.4 Å². The molecule has 0 unspecified atom stereocenters. The molecule has 0 amide bonds. The number of hydrogen-bond acceptors (Lipinski definition) is 7. The number of non-ortho nitro benzene ring substituents is 1. The van der Waals surface area contributed by atoms with Crippen molar-refractivity contribution < 1.29 is 14.4 Å². The van der Waals surface area contributed by atoms with Crippen LogP contribution in [0.5, 0.6) is 11.5 Å². The van der Waals surface area contributed by atoms with Gasteiger partial charge in [-0.25, -0.2) is 4.98 Å². The molecule has 4 aromatic rings. The van der Waals surface area contributed by atoms with Gasteiger partial charge in [0.2, 0.25) is 0 Å². The molecule has 0 N–H and O–H groups in total. The number of aromatic nitrogens is 2. The number of nitro groups is 1. The quantitative estimate of drug-likeness (QED) is 0.0884. The zero-order valence-electron chi connectivity index (χ0n) is 21.7. The molecule has 0 saturated heterocycles. The minimum Gasteiger partial charge on any atom is -0.490 e. The molecule has 0 bridgehead atoms. The zero-order chi connectivity index (χ0) is 28.8. The van der Waals surface area contributed by atoms with Crippen LogP contribution in [0.25, 0.3) is 10.9 Å². The summed E-state index contributed by atoms with van der Waals surface area (Å²) >= 11 is 10.6. The molecule has 12 heteroatoms. The second-order valence-electron chi connectivity index (χ2n) is 8.72. The molecule has 0 radical (unpaired) electrons. The van der Waals surface area contributed by atoms with Gasteiger partial charge in [-0.1, -0.05) is 41.4 Å². The number of rotatable bonds is 11. The van der Waals surface area contributed by atoms with Gasteiger partial charge in [-0.15, -0.1) is 0 Å². The van der Waals surface area contributed by atoms with E-state index in [1.54, 1.807) is 30.5 Å². The van der Waals surface area contributed by atoms with E-state index in [0.717, 1.165) is 17.3 Å². The number of aryl methyl sites for hydroxylation is 1. The Morgan fingerprint density at radius 3 is 2.60 bits per heavy atom. The van der Waals surface area contributed by atoms with E-state index in [-0.39, 0.29) is 17.9 Å². The second kappa shape index (κ2) is 13.5. The number of fused-ring (bicyclic) bond motifs is 1. The highest BCUT2D eigenvalue weighted by Crippen LogP contribution is 2.43. The van der Waals surface area contributed by atoms with Crippen LogP contribution in [0.15, 0.2) is 71.8 Å². The molecule has 0 fully saturated rings. The van der Waals surface area contributed by atoms with Crippen LogP contribution < -0.4 is 15.0 Å². The lowest BCUT2D eigenvalue weighted by atomic mass is 10.2. The highest BCUT2D eigenvalue weighted by molar-refractivity contribution is 9.13. The van der Waals surface area contributed by atoms with Gasteiger partial charge in [0, 0.05) is 33.1 Å². The minimum absolute atomic E-state index is 0.0120. The predicted molar refractivity (Wildman–Crippen MR) is 166 cm³/mol. The van der Waals surface area contributed by atoms with Gasteiger partial charge in [-0.2, -0.15) is 9.78 Å². The number of nitro benzene ring substituents is 1. The van der Waals surface area contributed by atoms with Crippen LogP contribution in [-0.4, -0.2) is 27.4 Å². The summed E-state index contributed by atoms with van der Waals surface area (Å²) in [6.45, 7) is 4.40. The number of unbranched alkanes of at least 4 members (excludes halogenated alkanes) is 1. The Bertz CT molecular complexity index is 1660. The van der Waals surface area contributed by atoms with E-state index in [2.05, 4.69) is 59.8 Å². The van der Waals surface area contributed by atoms with Crippen LogP contribution in [0.1, 0.15) is 43.6 Å². The van der Waals surface area contributed by atoms with Crippen LogP contribution >= 0.6 is 47.8 Å². The maximum Gasteiger partial charge on any atom is 0.282 e. The van der Waals surface area contributed by atoms with Crippen molar-refractivity contribution in [3.8, 4) is 11.5 Å². The molecule has 0 atom stereocenters. The fourth-order valence-electron chi connectivity index (χ4n) is 3.94. The van der Waals surface area contributed by atoms with Crippen molar-refractivity contribution in [1.29, 1.82) is 0 Å². The highest BCUT2D eigenvalue weighted by Gasteiger charge is 2.18. The van der Waals surface area contributed by atoms with Crippen LogP contribution in [-0.2, 0) is 13.0 Å². The molecular weight excluding hydrogens is 712 g/mol. The minimum atomic E-state index is -0.446. The summed E-state index contributed by atoms with van der Waals surface area (Å²) in [4.78, 5) is 28.8. The molecule has 0 saturated carbocycles. The number of nitrogens with zero attached hydrogens (tertiary/aromatic N) is 4. The van der Waals surface area contributed by atoms with Gasteiger partial charge in [0.05, 0.1) is 33.1 Å². The molecule has 40 heavy (non-hydrogen) atoms. The molecule has 3 aromatic carbocycles. The van der Waals surface area contributed by atoms with Gasteiger partial charge in [-0.05, 0) is 75.0 Å². The fourth-order valence-corrected chi connectivity index (χ4v) is 5.24. The van der Waals surface area contributed by atoms with E-state index in [0.29, 0.717) is 61.3 Å². The summed E-state index contributed by atoms with van der Waals surface area (Å²) in [5.41, 5.74) is 1.63. The van der Waals surface area contributed by atoms with Gasteiger partial charge >= 0.3 is 0 Å². The van der Waals surface area contributed by atoms with Crippen molar-refractivity contribution in [2.75, 3.05) is 6.61 Å². The Hall–Kier alpha value is -3.09. The highest BCUT2D eigenvalue weighted by atomic mass is 79.9. The molecule has 4 rings (SSSR count). The summed E-state index contributed by atoms with van der Waals surface area (Å²) < 4.78 is 15.2. The van der Waals surface area contributed by atoms with Crippen LogP contribution in [0, 0.1) is 10.1 Å². The van der Waals surface area contributed by atoms with E-state index in [9.17, 15) is 14.9 Å². The lowest BCUT2D eigenvalue weighted by Crippen LogP contribution is -2.22. The standard InChI is InChI=1S/C28H25Br3N4O5/c1-3-5-9-24-33-22-11-10-19(29)14-21(22)28(36)34(24)32-15-18-13-23(39-4-2)27(26(31)25(18)30)40-16-17-7-6-8-20(12-17)35(37)38/h6-8,10-15H,3-5,9,16H2,1-2H3. The third kappa shape index (κ3) is 6.79. The maximum atomic E-state index is 13.4. The van der Waals surface area contributed by atoms with Crippen LogP contribution in [0.2, 0.25) is 0 Å². The van der Waals surface area contributed by atoms with Gasteiger partial charge in [0.25, 0.3) is 11.2 Å². The number of ether oxygens (including phenoxy) is 2. The van der Waals surface area contributed by atoms with E-state index >= 15 is 0 Å². The Morgan fingerprint density at radius 1 is 1.07 bits per heavy atom. The van der Waals surface area contributed by atoms with E-state index < -0.39 is 4.92 Å². The Labute approximate surface area is 255 Å². The van der Waals surface area contributed by atoms with Crippen molar-refractivity contribution >= 4 is 70.6 Å². The molecule has 9 nitrogen and oxygen atoms in total. The largest absolute Gasteiger partial charge is 0.490 e. The predicted octanol–water partition coefficient (Wildman–Crippen LogP) is 7.79. The van der Waals surface area contributed by atoms with Crippen molar-refractivity contribution in [2.45, 2.75) is 39.7 Å². The monoisotopic (exact) mass is 734 g/mol. The number of benzene rings is 3. The summed E-state index contributed by atoms with van der Waals surface area (Å²) in [7, 11) is 0. The third-order valence-electron chi connectivity index (χ3n) is 5.90. The van der Waals surface area contributed by atoms with Crippen LogP contribution in [0.3, 0.4) is 0 Å². The number of halogens is 3. The zero-order valence-corrected chi connectivity index (χ0v) is 26.5. The van der Waals surface area contributed by atoms with Crippen LogP contribution in [0.4, 0.5) is 5.69 Å². The van der Waals surface area contributed by atoms with Gasteiger partial charge in [0.1, 0.15) is 12.4 Å². The Kier molecular flexibility index (Phi) is 10.1. The summed E-state index contributed by atoms with van der Waals surface area (Å²) in [5, 5.41) is 16.1.